The van der Waals surface area contributed by atoms with Crippen molar-refractivity contribution in [2.75, 3.05) is 5.75 Å². The van der Waals surface area contributed by atoms with E-state index in [1.807, 2.05) is 6.92 Å². The molecule has 0 bridgehead atoms. The van der Waals surface area contributed by atoms with Crippen LogP contribution in [0.3, 0.4) is 0 Å². The van der Waals surface area contributed by atoms with Gasteiger partial charge in [0.25, 0.3) is 0 Å². The number of rotatable bonds is 5. The van der Waals surface area contributed by atoms with Crippen molar-refractivity contribution < 1.29 is 14.3 Å². The van der Waals surface area contributed by atoms with E-state index in [1.165, 1.54) is 12.1 Å². The van der Waals surface area contributed by atoms with Crippen LogP contribution in [0.25, 0.3) is 5.69 Å². The van der Waals surface area contributed by atoms with Crippen LogP contribution >= 0.6 is 11.8 Å². The zero-order chi connectivity index (χ0) is 13.8. The van der Waals surface area contributed by atoms with Gasteiger partial charge in [-0.1, -0.05) is 24.8 Å². The Balaban J connectivity index is 2.41. The summed E-state index contributed by atoms with van der Waals surface area (Å²) in [4.78, 5) is 14.8. The van der Waals surface area contributed by atoms with Gasteiger partial charge in [0.05, 0.1) is 11.4 Å². The topological polar surface area (TPSA) is 55.1 Å². The van der Waals surface area contributed by atoms with Crippen LogP contribution in [0, 0.1) is 5.82 Å². The molecule has 2 aromatic rings. The fraction of sp³-hybridized carbons (Fsp3) is 0.231. The van der Waals surface area contributed by atoms with E-state index >= 15 is 0 Å². The van der Waals surface area contributed by atoms with Crippen molar-refractivity contribution in [3.63, 3.8) is 0 Å². The van der Waals surface area contributed by atoms with Crippen LogP contribution in [0.2, 0.25) is 0 Å². The number of imidazole rings is 1. The number of hydrogen-bond acceptors (Lipinski definition) is 3. The number of aryl methyl sites for hydroxylation is 1. The van der Waals surface area contributed by atoms with Crippen LogP contribution in [0.15, 0.2) is 35.6 Å². The Morgan fingerprint density at radius 2 is 2.32 bits per heavy atom. The van der Waals surface area contributed by atoms with Gasteiger partial charge in [-0.3, -0.25) is 9.36 Å². The van der Waals surface area contributed by atoms with Crippen molar-refractivity contribution in [3.05, 3.63) is 42.0 Å². The standard InChI is InChI=1S/C13H13FN2O2S/c1-2-10-7-15-13(19-8-12(17)18)16(10)11-5-3-4-9(14)6-11/h3-7H,2,8H2,1H3,(H,17,18). The summed E-state index contributed by atoms with van der Waals surface area (Å²) in [7, 11) is 0. The molecule has 1 aromatic heterocycles. The average molecular weight is 280 g/mol. The minimum atomic E-state index is -0.906. The van der Waals surface area contributed by atoms with Gasteiger partial charge in [-0.15, -0.1) is 0 Å². The molecule has 0 atom stereocenters. The lowest BCUT2D eigenvalue weighted by molar-refractivity contribution is -0.133. The SMILES string of the molecule is CCc1cnc(SCC(=O)O)n1-c1cccc(F)c1. The number of nitrogens with zero attached hydrogens (tertiary/aromatic N) is 2. The molecule has 1 aromatic carbocycles. The van der Waals surface area contributed by atoms with Crippen molar-refractivity contribution in [3.8, 4) is 5.69 Å². The second kappa shape index (κ2) is 5.88. The van der Waals surface area contributed by atoms with Crippen molar-refractivity contribution in [1.82, 2.24) is 9.55 Å². The molecule has 1 N–H and O–H groups in total. The lowest BCUT2D eigenvalue weighted by atomic mass is 10.3. The van der Waals surface area contributed by atoms with Gasteiger partial charge in [-0.2, -0.15) is 0 Å². The van der Waals surface area contributed by atoms with E-state index in [4.69, 9.17) is 5.11 Å². The first-order chi connectivity index (χ1) is 9.11. The van der Waals surface area contributed by atoms with E-state index in [0.29, 0.717) is 10.8 Å². The van der Waals surface area contributed by atoms with E-state index in [2.05, 4.69) is 4.98 Å². The van der Waals surface area contributed by atoms with Crippen LogP contribution in [0.5, 0.6) is 0 Å². The molecule has 0 radical (unpaired) electrons. The highest BCUT2D eigenvalue weighted by molar-refractivity contribution is 7.99. The highest BCUT2D eigenvalue weighted by Gasteiger charge is 2.13. The molecule has 0 aliphatic rings. The molecule has 19 heavy (non-hydrogen) atoms. The molecule has 0 saturated carbocycles. The van der Waals surface area contributed by atoms with Gasteiger partial charge in [-0.25, -0.2) is 9.37 Å². The predicted octanol–water partition coefficient (Wildman–Crippen LogP) is 2.75. The fourth-order valence-corrected chi connectivity index (χ4v) is 2.47. The zero-order valence-electron chi connectivity index (χ0n) is 10.3. The van der Waals surface area contributed by atoms with Gasteiger partial charge in [0.15, 0.2) is 5.16 Å². The molecule has 0 aliphatic heterocycles. The average Bonchev–Trinajstić information content (AvgIpc) is 2.79. The number of carboxylic acids is 1. The normalized spacial score (nSPS) is 10.6. The van der Waals surface area contributed by atoms with E-state index in [-0.39, 0.29) is 11.6 Å². The Morgan fingerprint density at radius 1 is 1.53 bits per heavy atom. The van der Waals surface area contributed by atoms with Crippen molar-refractivity contribution in [2.45, 2.75) is 18.5 Å². The molecule has 0 aliphatic carbocycles. The van der Waals surface area contributed by atoms with Crippen molar-refractivity contribution in [2.24, 2.45) is 0 Å². The number of benzene rings is 1. The third-order valence-electron chi connectivity index (χ3n) is 2.56. The molecule has 0 spiro atoms. The van der Waals surface area contributed by atoms with Crippen molar-refractivity contribution in [1.29, 1.82) is 0 Å². The number of thioether (sulfide) groups is 1. The number of aromatic nitrogens is 2. The number of hydrogen-bond donors (Lipinski definition) is 1. The molecule has 0 unspecified atom stereocenters. The van der Waals surface area contributed by atoms with Crippen LogP contribution < -0.4 is 0 Å². The Morgan fingerprint density at radius 3 is 2.95 bits per heavy atom. The summed E-state index contributed by atoms with van der Waals surface area (Å²) in [6.45, 7) is 1.97. The monoisotopic (exact) mass is 280 g/mol. The first kappa shape index (κ1) is 13.6. The van der Waals surface area contributed by atoms with E-state index in [0.717, 1.165) is 23.9 Å². The van der Waals surface area contributed by atoms with Crippen molar-refractivity contribution >= 4 is 17.7 Å². The zero-order valence-corrected chi connectivity index (χ0v) is 11.2. The van der Waals surface area contributed by atoms with Gasteiger partial charge >= 0.3 is 5.97 Å². The summed E-state index contributed by atoms with van der Waals surface area (Å²) in [5.41, 5.74) is 1.57. The third kappa shape index (κ3) is 3.14. The van der Waals surface area contributed by atoms with Gasteiger partial charge < -0.3 is 5.11 Å². The summed E-state index contributed by atoms with van der Waals surface area (Å²) in [5, 5.41) is 9.29. The molecule has 1 heterocycles. The Bertz CT molecular complexity index is 598. The number of halogens is 1. The summed E-state index contributed by atoms with van der Waals surface area (Å²) in [5.74, 6) is -1.31. The van der Waals surface area contributed by atoms with E-state index in [1.54, 1.807) is 22.9 Å². The minimum Gasteiger partial charge on any atom is -0.481 e. The predicted molar refractivity (Wildman–Crippen MR) is 71.3 cm³/mol. The molecular weight excluding hydrogens is 267 g/mol. The number of aliphatic carboxylic acids is 1. The minimum absolute atomic E-state index is 0.0739. The first-order valence-corrected chi connectivity index (χ1v) is 6.77. The van der Waals surface area contributed by atoms with Gasteiger partial charge in [-0.05, 0) is 24.6 Å². The second-order valence-electron chi connectivity index (χ2n) is 3.88. The number of carbonyl (C=O) groups is 1. The Kier molecular flexibility index (Phi) is 4.21. The molecule has 6 heteroatoms. The Hall–Kier alpha value is -1.82. The largest absolute Gasteiger partial charge is 0.481 e. The highest BCUT2D eigenvalue weighted by Crippen LogP contribution is 2.24. The number of carboxylic acid groups (broad SMARTS) is 1. The van der Waals surface area contributed by atoms with E-state index in [9.17, 15) is 9.18 Å². The van der Waals surface area contributed by atoms with E-state index < -0.39 is 5.97 Å². The summed E-state index contributed by atoms with van der Waals surface area (Å²) in [6, 6.07) is 6.17. The fourth-order valence-electron chi connectivity index (χ4n) is 1.74. The second-order valence-corrected chi connectivity index (χ2v) is 4.83. The molecule has 0 saturated heterocycles. The molecule has 100 valence electrons. The van der Waals surface area contributed by atoms with Crippen LogP contribution in [-0.2, 0) is 11.2 Å². The van der Waals surface area contributed by atoms with Gasteiger partial charge in [0.2, 0.25) is 0 Å². The first-order valence-electron chi connectivity index (χ1n) is 5.79. The molecule has 2 rings (SSSR count). The van der Waals surface area contributed by atoms with Crippen LogP contribution in [0.4, 0.5) is 4.39 Å². The quantitative estimate of drug-likeness (QED) is 0.856. The summed E-state index contributed by atoms with van der Waals surface area (Å²) >= 11 is 1.12. The maximum Gasteiger partial charge on any atom is 0.313 e. The van der Waals surface area contributed by atoms with Gasteiger partial charge in [0, 0.05) is 11.9 Å². The summed E-state index contributed by atoms with van der Waals surface area (Å²) < 4.78 is 15.1. The summed E-state index contributed by atoms with van der Waals surface area (Å²) in [6.07, 6.45) is 2.42. The lowest BCUT2D eigenvalue weighted by Crippen LogP contribution is -2.04. The van der Waals surface area contributed by atoms with Gasteiger partial charge in [0.1, 0.15) is 5.82 Å². The Labute approximate surface area is 114 Å². The molecule has 0 fully saturated rings. The van der Waals surface area contributed by atoms with Crippen LogP contribution in [-0.4, -0.2) is 26.4 Å². The molecular formula is C13H13FN2O2S. The maximum absolute atomic E-state index is 13.3. The maximum atomic E-state index is 13.3. The van der Waals surface area contributed by atoms with Crippen LogP contribution in [0.1, 0.15) is 12.6 Å². The molecule has 4 nitrogen and oxygen atoms in total. The smallest absolute Gasteiger partial charge is 0.313 e. The lowest BCUT2D eigenvalue weighted by Gasteiger charge is -2.10. The third-order valence-corrected chi connectivity index (χ3v) is 3.49. The molecule has 0 amide bonds. The highest BCUT2D eigenvalue weighted by atomic mass is 32.2.